The lowest BCUT2D eigenvalue weighted by Gasteiger charge is -2.48. The van der Waals surface area contributed by atoms with Gasteiger partial charge < -0.3 is 26.5 Å². The summed E-state index contributed by atoms with van der Waals surface area (Å²) in [4.78, 5) is 2.25. The lowest BCUT2D eigenvalue weighted by molar-refractivity contribution is -0.151. The Morgan fingerprint density at radius 3 is 2.73 bits per heavy atom. The van der Waals surface area contributed by atoms with E-state index in [0.717, 1.165) is 50.3 Å². The number of rotatable bonds is 5. The van der Waals surface area contributed by atoms with Crippen LogP contribution >= 0.6 is 0 Å². The van der Waals surface area contributed by atoms with Crippen molar-refractivity contribution in [3.63, 3.8) is 0 Å². The molecule has 2 fully saturated rings. The first kappa shape index (κ1) is 21.6. The summed E-state index contributed by atoms with van der Waals surface area (Å²) in [7, 11) is 1.84. The predicted molar refractivity (Wildman–Crippen MR) is 125 cm³/mol. The number of benzene rings is 1. The number of piperidine rings is 1. The molecule has 0 aliphatic carbocycles. The second kappa shape index (κ2) is 8.31. The fraction of sp³-hybridized carbons (Fsp3) is 0.409. The van der Waals surface area contributed by atoms with Gasteiger partial charge in [0.2, 0.25) is 0 Å². The lowest BCUT2D eigenvalue weighted by atomic mass is 9.86. The zero-order chi connectivity index (χ0) is 20.6. The number of hydrogen-bond donors (Lipinski definition) is 4. The number of nitrogen functional groups attached to an aromatic ring is 1. The highest BCUT2D eigenvalue weighted by molar-refractivity contribution is 6.15. The average Bonchev–Trinajstić information content (AvgIpc) is 3.10. The topological polar surface area (TPSA) is 130 Å². The molecule has 8 nitrogen and oxygen atoms in total. The number of allylic oxidation sites excluding steroid dienone is 1. The molecule has 2 saturated heterocycles. The Labute approximate surface area is 179 Å². The van der Waals surface area contributed by atoms with Crippen LogP contribution in [0, 0.1) is 10.8 Å². The zero-order valence-corrected chi connectivity index (χ0v) is 16.6. The molecule has 3 heterocycles. The van der Waals surface area contributed by atoms with Crippen molar-refractivity contribution in [2.45, 2.75) is 32.3 Å². The first-order valence-corrected chi connectivity index (χ1v) is 9.81. The molecule has 4 rings (SSSR count). The zero-order valence-electron chi connectivity index (χ0n) is 16.6. The van der Waals surface area contributed by atoms with Crippen LogP contribution in [0.2, 0.25) is 0 Å². The van der Waals surface area contributed by atoms with Gasteiger partial charge in [-0.05, 0) is 30.5 Å². The Balaban J connectivity index is 0.00000171. The summed E-state index contributed by atoms with van der Waals surface area (Å²) in [6, 6.07) is 7.29. The van der Waals surface area contributed by atoms with Gasteiger partial charge in [0.15, 0.2) is 5.82 Å². The van der Waals surface area contributed by atoms with Crippen molar-refractivity contribution in [2.24, 2.45) is 12.8 Å². The molecule has 162 valence electrons. The van der Waals surface area contributed by atoms with Crippen molar-refractivity contribution >= 4 is 29.0 Å². The van der Waals surface area contributed by atoms with E-state index < -0.39 is 0 Å². The first-order chi connectivity index (χ1) is 14.0. The van der Waals surface area contributed by atoms with Crippen molar-refractivity contribution in [2.75, 3.05) is 30.3 Å². The van der Waals surface area contributed by atoms with Crippen LogP contribution in [0.3, 0.4) is 0 Å². The van der Waals surface area contributed by atoms with Crippen LogP contribution < -0.4 is 16.4 Å². The third-order valence-electron chi connectivity index (χ3n) is 5.94. The van der Waals surface area contributed by atoms with Crippen LogP contribution in [0.25, 0.3) is 5.57 Å². The summed E-state index contributed by atoms with van der Waals surface area (Å²) >= 11 is 0. The molecular formula is C22H33N7O. The maximum absolute atomic E-state index is 8.76. The summed E-state index contributed by atoms with van der Waals surface area (Å²) in [5, 5.41) is 20.9. The standard InChI is InChI=1S/C21H27N7O.CH4.H2/c1-27-18(10-19(26-27)28-7-2-5-21(13-28)6-8-29-21)20(25)16-9-14(3-4-17(16)24)15(11-22)12-23;;/h3-4,9-12,22,25H,2,5-8,13,23-24H2,1H3;1H4;1H/b15-12+,22-11?,25-20?;;. The third-order valence-corrected chi connectivity index (χ3v) is 5.94. The van der Waals surface area contributed by atoms with E-state index in [9.17, 15) is 0 Å². The van der Waals surface area contributed by atoms with Crippen molar-refractivity contribution in [1.29, 1.82) is 10.8 Å². The van der Waals surface area contributed by atoms with Gasteiger partial charge in [0.25, 0.3) is 0 Å². The summed E-state index contributed by atoms with van der Waals surface area (Å²) < 4.78 is 7.59. The van der Waals surface area contributed by atoms with Gasteiger partial charge in [-0.1, -0.05) is 13.5 Å². The van der Waals surface area contributed by atoms with E-state index in [1.54, 1.807) is 22.9 Å². The quantitative estimate of drug-likeness (QED) is 0.444. The highest BCUT2D eigenvalue weighted by Gasteiger charge is 2.42. The number of hydrogen-bond acceptors (Lipinski definition) is 7. The molecule has 1 aromatic heterocycles. The minimum Gasteiger partial charge on any atom is -0.404 e. The molecule has 0 saturated carbocycles. The smallest absolute Gasteiger partial charge is 0.151 e. The van der Waals surface area contributed by atoms with Crippen LogP contribution in [0.1, 0.15) is 44.9 Å². The lowest BCUT2D eigenvalue weighted by Crippen LogP contribution is -2.56. The SMILES string of the molecule is C.Cn1nc(N2CCCC3(CCO3)C2)cc1C(=N)c1cc(/C(C=N)=C/N)ccc1N.[HH]. The Bertz CT molecular complexity index is 994. The average molecular weight is 412 g/mol. The number of nitrogens with one attached hydrogen (secondary N) is 2. The molecule has 0 amide bonds. The maximum atomic E-state index is 8.76. The van der Waals surface area contributed by atoms with E-state index in [2.05, 4.69) is 10.00 Å². The first-order valence-electron chi connectivity index (χ1n) is 9.81. The summed E-state index contributed by atoms with van der Waals surface area (Å²) in [6.45, 7) is 2.63. The summed E-state index contributed by atoms with van der Waals surface area (Å²) in [5.74, 6) is 0.860. The van der Waals surface area contributed by atoms with E-state index in [1.807, 2.05) is 13.1 Å². The van der Waals surface area contributed by atoms with Gasteiger partial charge in [0, 0.05) is 63.3 Å². The predicted octanol–water partition coefficient (Wildman–Crippen LogP) is 3.01. The normalized spacial score (nSPS) is 21.1. The molecule has 1 aromatic carbocycles. The molecule has 8 heteroatoms. The van der Waals surface area contributed by atoms with Crippen molar-refractivity contribution in [3.05, 3.63) is 47.3 Å². The third kappa shape index (κ3) is 3.70. The fourth-order valence-electron chi connectivity index (χ4n) is 4.16. The van der Waals surface area contributed by atoms with Crippen LogP contribution in [0.15, 0.2) is 30.5 Å². The maximum Gasteiger partial charge on any atom is 0.151 e. The van der Waals surface area contributed by atoms with Crippen molar-refractivity contribution in [1.82, 2.24) is 9.78 Å². The van der Waals surface area contributed by atoms with Gasteiger partial charge in [-0.2, -0.15) is 5.10 Å². The van der Waals surface area contributed by atoms with Crippen LogP contribution in [0.4, 0.5) is 11.5 Å². The fourth-order valence-corrected chi connectivity index (χ4v) is 4.16. The number of aryl methyl sites for hydroxylation is 1. The van der Waals surface area contributed by atoms with E-state index in [-0.39, 0.29) is 14.5 Å². The summed E-state index contributed by atoms with van der Waals surface area (Å²) in [6.07, 6.45) is 5.85. The largest absolute Gasteiger partial charge is 0.404 e. The van der Waals surface area contributed by atoms with Gasteiger partial charge in [-0.3, -0.25) is 10.1 Å². The number of ether oxygens (including phenoxy) is 1. The van der Waals surface area contributed by atoms with Gasteiger partial charge in [0.05, 0.1) is 23.6 Å². The molecule has 0 bridgehead atoms. The van der Waals surface area contributed by atoms with Crippen LogP contribution in [0.5, 0.6) is 0 Å². The minimum absolute atomic E-state index is 0. The Hall–Kier alpha value is -3.13. The molecule has 2 aliphatic rings. The molecule has 30 heavy (non-hydrogen) atoms. The molecule has 1 atom stereocenters. The molecular weight excluding hydrogens is 378 g/mol. The van der Waals surface area contributed by atoms with Crippen LogP contribution in [-0.2, 0) is 11.8 Å². The Kier molecular flexibility index (Phi) is 5.98. The number of nitrogens with two attached hydrogens (primary N) is 2. The number of nitrogens with zero attached hydrogens (tertiary/aromatic N) is 3. The van der Waals surface area contributed by atoms with E-state index >= 15 is 0 Å². The van der Waals surface area contributed by atoms with E-state index in [1.165, 1.54) is 12.4 Å². The Morgan fingerprint density at radius 2 is 2.10 bits per heavy atom. The van der Waals surface area contributed by atoms with Crippen LogP contribution in [-0.4, -0.2) is 47.0 Å². The number of aromatic nitrogens is 2. The van der Waals surface area contributed by atoms with Gasteiger partial charge in [-0.25, -0.2) is 0 Å². The van der Waals surface area contributed by atoms with Gasteiger partial charge in [-0.15, -0.1) is 0 Å². The number of anilines is 2. The van der Waals surface area contributed by atoms with Gasteiger partial charge >= 0.3 is 0 Å². The highest BCUT2D eigenvalue weighted by atomic mass is 16.5. The second-order valence-electron chi connectivity index (χ2n) is 7.76. The van der Waals surface area contributed by atoms with E-state index in [4.69, 9.17) is 27.0 Å². The van der Waals surface area contributed by atoms with Crippen molar-refractivity contribution in [3.8, 4) is 0 Å². The molecule has 6 N–H and O–H groups in total. The van der Waals surface area contributed by atoms with Crippen molar-refractivity contribution < 1.29 is 6.16 Å². The molecule has 0 radical (unpaired) electrons. The minimum atomic E-state index is -0.0140. The second-order valence-corrected chi connectivity index (χ2v) is 7.76. The summed E-state index contributed by atoms with van der Waals surface area (Å²) in [5.41, 5.74) is 15.2. The molecule has 1 unspecified atom stereocenters. The monoisotopic (exact) mass is 411 g/mol. The van der Waals surface area contributed by atoms with Gasteiger partial charge in [0.1, 0.15) is 0 Å². The highest BCUT2D eigenvalue weighted by Crippen LogP contribution is 2.37. The van der Waals surface area contributed by atoms with E-state index in [0.29, 0.717) is 28.2 Å². The Morgan fingerprint density at radius 1 is 1.33 bits per heavy atom. The molecule has 1 spiro atoms. The molecule has 2 aliphatic heterocycles. The molecule has 2 aromatic rings.